The van der Waals surface area contributed by atoms with Gasteiger partial charge < -0.3 is 15.5 Å². The fourth-order valence-electron chi connectivity index (χ4n) is 1.66. The number of hydrogen-bond donors (Lipinski definition) is 2. The second kappa shape index (κ2) is 5.35. The van der Waals surface area contributed by atoms with Crippen LogP contribution in [-0.4, -0.2) is 31.1 Å². The van der Waals surface area contributed by atoms with Crippen molar-refractivity contribution >= 4 is 23.1 Å². The van der Waals surface area contributed by atoms with E-state index >= 15 is 0 Å². The van der Waals surface area contributed by atoms with Crippen molar-refractivity contribution in [2.45, 2.75) is 0 Å². The van der Waals surface area contributed by atoms with Gasteiger partial charge in [-0.05, 0) is 18.2 Å². The van der Waals surface area contributed by atoms with Crippen molar-refractivity contribution in [2.24, 2.45) is 0 Å². The number of benzene rings is 1. The summed E-state index contributed by atoms with van der Waals surface area (Å²) in [6.45, 7) is 0. The van der Waals surface area contributed by atoms with E-state index in [0.29, 0.717) is 5.95 Å². The van der Waals surface area contributed by atoms with Crippen molar-refractivity contribution in [1.82, 2.24) is 9.97 Å². The minimum absolute atomic E-state index is 0.599. The zero-order valence-corrected chi connectivity index (χ0v) is 10.8. The zero-order chi connectivity index (χ0) is 13.0. The molecule has 0 saturated carbocycles. The van der Waals surface area contributed by atoms with Gasteiger partial charge >= 0.3 is 0 Å². The summed E-state index contributed by atoms with van der Waals surface area (Å²) in [6, 6.07) is 9.93. The topological polar surface area (TPSA) is 53.1 Å². The highest BCUT2D eigenvalue weighted by Gasteiger charge is 2.04. The minimum atomic E-state index is 0.599. The molecule has 0 saturated heterocycles. The van der Waals surface area contributed by atoms with E-state index in [-0.39, 0.29) is 0 Å². The summed E-state index contributed by atoms with van der Waals surface area (Å²) in [5.74, 6) is 1.37. The van der Waals surface area contributed by atoms with Crippen molar-refractivity contribution in [3.8, 4) is 0 Å². The summed E-state index contributed by atoms with van der Waals surface area (Å²) in [7, 11) is 5.83. The summed E-state index contributed by atoms with van der Waals surface area (Å²) in [5, 5.41) is 6.21. The van der Waals surface area contributed by atoms with Crippen LogP contribution in [0.3, 0.4) is 0 Å². The van der Waals surface area contributed by atoms with Gasteiger partial charge in [-0.3, -0.25) is 0 Å². The second-order valence-corrected chi connectivity index (χ2v) is 4.05. The van der Waals surface area contributed by atoms with Crippen LogP contribution in [0.4, 0.5) is 23.1 Å². The number of hydrogen-bond acceptors (Lipinski definition) is 5. The van der Waals surface area contributed by atoms with Crippen LogP contribution in [0.2, 0.25) is 0 Å². The maximum atomic E-state index is 4.34. The fourth-order valence-corrected chi connectivity index (χ4v) is 1.66. The van der Waals surface area contributed by atoms with Gasteiger partial charge in [-0.25, -0.2) is 4.98 Å². The van der Waals surface area contributed by atoms with Crippen LogP contribution in [0.25, 0.3) is 0 Å². The van der Waals surface area contributed by atoms with Crippen molar-refractivity contribution in [3.05, 3.63) is 36.5 Å². The maximum Gasteiger partial charge on any atom is 0.224 e. The van der Waals surface area contributed by atoms with Crippen LogP contribution in [-0.2, 0) is 0 Å². The number of nitrogens with one attached hydrogen (secondary N) is 2. The first-order chi connectivity index (χ1) is 8.70. The van der Waals surface area contributed by atoms with E-state index in [2.05, 4.69) is 31.6 Å². The lowest BCUT2D eigenvalue weighted by molar-refractivity contribution is 1.12. The van der Waals surface area contributed by atoms with Gasteiger partial charge in [-0.2, -0.15) is 4.98 Å². The average molecular weight is 243 g/mol. The van der Waals surface area contributed by atoms with Gasteiger partial charge in [-0.1, -0.05) is 12.1 Å². The zero-order valence-electron chi connectivity index (χ0n) is 10.8. The molecule has 18 heavy (non-hydrogen) atoms. The molecule has 94 valence electrons. The van der Waals surface area contributed by atoms with Crippen LogP contribution in [0.1, 0.15) is 0 Å². The first-order valence-corrected chi connectivity index (χ1v) is 5.75. The van der Waals surface area contributed by atoms with E-state index in [9.17, 15) is 0 Å². The first-order valence-electron chi connectivity index (χ1n) is 5.75. The minimum Gasteiger partial charge on any atom is -0.376 e. The molecular weight excluding hydrogens is 226 g/mol. The molecule has 5 nitrogen and oxygen atoms in total. The lowest BCUT2D eigenvalue weighted by atomic mass is 10.2. The Kier molecular flexibility index (Phi) is 3.62. The van der Waals surface area contributed by atoms with Gasteiger partial charge in [0.15, 0.2) is 0 Å². The molecule has 0 aliphatic rings. The first kappa shape index (κ1) is 12.2. The lowest BCUT2D eigenvalue weighted by Gasteiger charge is -2.18. The summed E-state index contributed by atoms with van der Waals surface area (Å²) in [6.07, 6.45) is 1.72. The molecule has 5 heteroatoms. The molecule has 0 aliphatic heterocycles. The molecule has 2 rings (SSSR count). The Morgan fingerprint density at radius 3 is 2.61 bits per heavy atom. The van der Waals surface area contributed by atoms with E-state index in [1.165, 1.54) is 0 Å². The molecule has 0 atom stereocenters. The summed E-state index contributed by atoms with van der Waals surface area (Å²) in [4.78, 5) is 10.5. The predicted octanol–water partition coefficient (Wildman–Crippen LogP) is 2.33. The monoisotopic (exact) mass is 243 g/mol. The Labute approximate surface area is 107 Å². The third kappa shape index (κ3) is 2.68. The molecule has 0 fully saturated rings. The summed E-state index contributed by atoms with van der Waals surface area (Å²) >= 11 is 0. The number of nitrogens with zero attached hydrogens (tertiary/aromatic N) is 3. The highest BCUT2D eigenvalue weighted by molar-refractivity contribution is 5.73. The van der Waals surface area contributed by atoms with Crippen LogP contribution in [0.15, 0.2) is 36.5 Å². The molecule has 0 unspecified atom stereocenters. The molecule has 1 aromatic carbocycles. The Balaban J connectivity index is 2.28. The van der Waals surface area contributed by atoms with Gasteiger partial charge in [-0.15, -0.1) is 0 Å². The van der Waals surface area contributed by atoms with Gasteiger partial charge in [0.2, 0.25) is 5.95 Å². The SMILES string of the molecule is CNc1nccc(Nc2ccccc2N(C)C)n1. The molecule has 0 bridgehead atoms. The Hall–Kier alpha value is -2.30. The number of anilines is 4. The van der Waals surface area contributed by atoms with Crippen molar-refractivity contribution in [2.75, 3.05) is 36.7 Å². The van der Waals surface area contributed by atoms with Crippen LogP contribution < -0.4 is 15.5 Å². The van der Waals surface area contributed by atoms with Crippen LogP contribution in [0.5, 0.6) is 0 Å². The Bertz CT molecular complexity index is 524. The molecule has 2 N–H and O–H groups in total. The fraction of sp³-hybridized carbons (Fsp3) is 0.231. The molecule has 2 aromatic rings. The Morgan fingerprint density at radius 2 is 1.89 bits per heavy atom. The van der Waals surface area contributed by atoms with Crippen LogP contribution >= 0.6 is 0 Å². The second-order valence-electron chi connectivity index (χ2n) is 4.05. The molecule has 0 aliphatic carbocycles. The summed E-state index contributed by atoms with van der Waals surface area (Å²) < 4.78 is 0. The number of aromatic nitrogens is 2. The van der Waals surface area contributed by atoms with E-state index in [1.807, 2.05) is 38.4 Å². The molecule has 1 heterocycles. The average Bonchev–Trinajstić information content (AvgIpc) is 2.39. The third-order valence-corrected chi connectivity index (χ3v) is 2.53. The Morgan fingerprint density at radius 1 is 1.11 bits per heavy atom. The highest BCUT2D eigenvalue weighted by atomic mass is 15.1. The number of para-hydroxylation sites is 2. The van der Waals surface area contributed by atoms with Crippen molar-refractivity contribution in [1.29, 1.82) is 0 Å². The maximum absolute atomic E-state index is 4.34. The predicted molar refractivity (Wildman–Crippen MR) is 75.6 cm³/mol. The smallest absolute Gasteiger partial charge is 0.224 e. The van der Waals surface area contributed by atoms with Gasteiger partial charge in [0.1, 0.15) is 5.82 Å². The summed E-state index contributed by atoms with van der Waals surface area (Å²) in [5.41, 5.74) is 2.13. The largest absolute Gasteiger partial charge is 0.376 e. The standard InChI is InChI=1S/C13H17N5/c1-14-13-15-9-8-12(17-13)16-10-6-4-5-7-11(10)18(2)3/h4-9H,1-3H3,(H2,14,15,16,17). The van der Waals surface area contributed by atoms with Crippen LogP contribution in [0, 0.1) is 0 Å². The highest BCUT2D eigenvalue weighted by Crippen LogP contribution is 2.26. The van der Waals surface area contributed by atoms with Crippen molar-refractivity contribution < 1.29 is 0 Å². The normalized spacial score (nSPS) is 9.94. The van der Waals surface area contributed by atoms with E-state index in [4.69, 9.17) is 0 Å². The van der Waals surface area contributed by atoms with Crippen molar-refractivity contribution in [3.63, 3.8) is 0 Å². The molecule has 0 spiro atoms. The van der Waals surface area contributed by atoms with Gasteiger partial charge in [0.25, 0.3) is 0 Å². The lowest BCUT2D eigenvalue weighted by Crippen LogP contribution is -2.11. The molecule has 1 aromatic heterocycles. The molecule has 0 amide bonds. The number of rotatable bonds is 4. The van der Waals surface area contributed by atoms with E-state index < -0.39 is 0 Å². The quantitative estimate of drug-likeness (QED) is 0.863. The van der Waals surface area contributed by atoms with E-state index in [1.54, 1.807) is 13.2 Å². The third-order valence-electron chi connectivity index (χ3n) is 2.53. The van der Waals surface area contributed by atoms with Gasteiger partial charge in [0, 0.05) is 27.3 Å². The van der Waals surface area contributed by atoms with E-state index in [0.717, 1.165) is 17.2 Å². The molecular formula is C13H17N5. The molecule has 0 radical (unpaired) electrons. The van der Waals surface area contributed by atoms with Gasteiger partial charge in [0.05, 0.1) is 11.4 Å².